The molecule has 3 nitrogen and oxygen atoms in total. The van der Waals surface area contributed by atoms with Crippen molar-refractivity contribution in [1.82, 2.24) is 0 Å². The molecule has 0 saturated carbocycles. The molecule has 0 amide bonds. The summed E-state index contributed by atoms with van der Waals surface area (Å²) in [6.45, 7) is 0.486. The summed E-state index contributed by atoms with van der Waals surface area (Å²) in [5.74, 6) is -1.33. The summed E-state index contributed by atoms with van der Waals surface area (Å²) in [6.07, 6.45) is 1.56. The molecule has 1 atom stereocenters. The lowest BCUT2D eigenvalue weighted by atomic mass is 9.95. The van der Waals surface area contributed by atoms with E-state index in [1.807, 2.05) is 0 Å². The number of carboxylic acids is 1. The van der Waals surface area contributed by atoms with Crippen molar-refractivity contribution < 1.29 is 9.90 Å². The molecule has 0 radical (unpaired) electrons. The molecule has 0 aromatic heterocycles. The van der Waals surface area contributed by atoms with Gasteiger partial charge in [-0.2, -0.15) is 0 Å². The summed E-state index contributed by atoms with van der Waals surface area (Å²) < 4.78 is 0. The van der Waals surface area contributed by atoms with Gasteiger partial charge < -0.3 is 10.8 Å². The maximum absolute atomic E-state index is 11.1. The van der Waals surface area contributed by atoms with E-state index in [2.05, 4.69) is 0 Å². The third-order valence-corrected chi connectivity index (χ3v) is 3.33. The van der Waals surface area contributed by atoms with E-state index in [9.17, 15) is 4.79 Å². The van der Waals surface area contributed by atoms with Gasteiger partial charge in [0, 0.05) is 10.0 Å². The highest BCUT2D eigenvalue weighted by molar-refractivity contribution is 6.36. The standard InChI is InChI=1S/C12H15Cl2NO2/c13-10-4-1-5-11(14)9(10)7-8(12(16)17)3-2-6-15/h1,4-5,8H,2-3,6-7,15H2,(H,16,17). The van der Waals surface area contributed by atoms with Gasteiger partial charge in [0.05, 0.1) is 5.92 Å². The minimum absolute atomic E-state index is 0.341. The molecule has 1 aromatic carbocycles. The second kappa shape index (κ2) is 6.84. The predicted octanol–water partition coefficient (Wildman–Crippen LogP) is 2.98. The quantitative estimate of drug-likeness (QED) is 0.839. The number of carbonyl (C=O) groups is 1. The number of nitrogens with two attached hydrogens (primary N) is 1. The molecule has 0 aliphatic rings. The smallest absolute Gasteiger partial charge is 0.306 e. The van der Waals surface area contributed by atoms with Crippen molar-refractivity contribution in [2.45, 2.75) is 19.3 Å². The Kier molecular flexibility index (Phi) is 5.75. The molecular formula is C12H15Cl2NO2. The van der Waals surface area contributed by atoms with Gasteiger partial charge in [0.1, 0.15) is 0 Å². The Hall–Kier alpha value is -0.770. The van der Waals surface area contributed by atoms with Crippen LogP contribution in [0.2, 0.25) is 10.0 Å². The number of aliphatic carboxylic acids is 1. The first-order valence-corrected chi connectivity index (χ1v) is 6.17. The summed E-state index contributed by atoms with van der Waals surface area (Å²) in [4.78, 5) is 11.1. The first kappa shape index (κ1) is 14.3. The highest BCUT2D eigenvalue weighted by Crippen LogP contribution is 2.28. The van der Waals surface area contributed by atoms with Gasteiger partial charge in [0.25, 0.3) is 0 Å². The van der Waals surface area contributed by atoms with Gasteiger partial charge >= 0.3 is 5.97 Å². The van der Waals surface area contributed by atoms with Gasteiger partial charge in [0.15, 0.2) is 0 Å². The highest BCUT2D eigenvalue weighted by atomic mass is 35.5. The van der Waals surface area contributed by atoms with Crippen LogP contribution in [0, 0.1) is 5.92 Å². The predicted molar refractivity (Wildman–Crippen MR) is 69.6 cm³/mol. The van der Waals surface area contributed by atoms with Crippen molar-refractivity contribution in [3.63, 3.8) is 0 Å². The van der Waals surface area contributed by atoms with Crippen molar-refractivity contribution in [1.29, 1.82) is 0 Å². The number of hydrogen-bond acceptors (Lipinski definition) is 2. The topological polar surface area (TPSA) is 63.3 Å². The van der Waals surface area contributed by atoms with Crippen molar-refractivity contribution in [2.75, 3.05) is 6.54 Å². The first-order chi connectivity index (χ1) is 8.06. The molecule has 0 spiro atoms. The van der Waals surface area contributed by atoms with Gasteiger partial charge in [-0.05, 0) is 43.5 Å². The monoisotopic (exact) mass is 275 g/mol. The minimum Gasteiger partial charge on any atom is -0.481 e. The van der Waals surface area contributed by atoms with Crippen molar-refractivity contribution in [3.8, 4) is 0 Å². The van der Waals surface area contributed by atoms with Gasteiger partial charge in [-0.3, -0.25) is 4.79 Å². The van der Waals surface area contributed by atoms with Crippen LogP contribution in [0.5, 0.6) is 0 Å². The van der Waals surface area contributed by atoms with Crippen LogP contribution in [0.25, 0.3) is 0 Å². The molecular weight excluding hydrogens is 261 g/mol. The Bertz CT molecular complexity index is 376. The van der Waals surface area contributed by atoms with Crippen LogP contribution in [0.1, 0.15) is 18.4 Å². The third kappa shape index (κ3) is 4.19. The second-order valence-electron chi connectivity index (χ2n) is 3.87. The molecule has 5 heteroatoms. The average Bonchev–Trinajstić information content (AvgIpc) is 2.27. The number of rotatable bonds is 6. The minimum atomic E-state index is -0.838. The van der Waals surface area contributed by atoms with Crippen molar-refractivity contribution in [2.24, 2.45) is 11.7 Å². The van der Waals surface area contributed by atoms with E-state index >= 15 is 0 Å². The summed E-state index contributed by atoms with van der Waals surface area (Å²) in [5.41, 5.74) is 6.08. The molecule has 0 saturated heterocycles. The van der Waals surface area contributed by atoms with Crippen LogP contribution >= 0.6 is 23.2 Å². The Balaban J connectivity index is 2.82. The molecule has 0 bridgehead atoms. The van der Waals surface area contributed by atoms with Gasteiger partial charge in [-0.1, -0.05) is 29.3 Å². The van der Waals surface area contributed by atoms with E-state index in [-0.39, 0.29) is 0 Å². The summed E-state index contributed by atoms with van der Waals surface area (Å²) in [5, 5.41) is 10.1. The van der Waals surface area contributed by atoms with Crippen LogP contribution in [0.15, 0.2) is 18.2 Å². The Morgan fingerprint density at radius 2 is 1.94 bits per heavy atom. The third-order valence-electron chi connectivity index (χ3n) is 2.62. The zero-order chi connectivity index (χ0) is 12.8. The number of benzene rings is 1. The summed E-state index contributed by atoms with van der Waals surface area (Å²) >= 11 is 12.0. The van der Waals surface area contributed by atoms with Gasteiger partial charge in [-0.15, -0.1) is 0 Å². The second-order valence-corrected chi connectivity index (χ2v) is 4.68. The fraction of sp³-hybridized carbons (Fsp3) is 0.417. The maximum atomic E-state index is 11.1. The van der Waals surface area contributed by atoms with Crippen molar-refractivity contribution >= 4 is 29.2 Å². The Labute approximate surface area is 111 Å². The lowest BCUT2D eigenvalue weighted by molar-refractivity contribution is -0.141. The van der Waals surface area contributed by atoms with E-state index < -0.39 is 11.9 Å². The fourth-order valence-corrected chi connectivity index (χ4v) is 2.20. The molecule has 3 N–H and O–H groups in total. The largest absolute Gasteiger partial charge is 0.481 e. The molecule has 1 rings (SSSR count). The molecule has 0 aliphatic carbocycles. The summed E-state index contributed by atoms with van der Waals surface area (Å²) in [6, 6.07) is 5.17. The Morgan fingerprint density at radius 3 is 2.41 bits per heavy atom. The number of halogens is 2. The zero-order valence-electron chi connectivity index (χ0n) is 9.33. The first-order valence-electron chi connectivity index (χ1n) is 5.42. The number of hydrogen-bond donors (Lipinski definition) is 2. The van der Waals surface area contributed by atoms with Gasteiger partial charge in [-0.25, -0.2) is 0 Å². The molecule has 0 fully saturated rings. The van der Waals surface area contributed by atoms with E-state index in [0.717, 1.165) is 0 Å². The lowest BCUT2D eigenvalue weighted by Gasteiger charge is -2.14. The molecule has 1 unspecified atom stereocenters. The fourth-order valence-electron chi connectivity index (χ4n) is 1.65. The van der Waals surface area contributed by atoms with E-state index in [4.69, 9.17) is 34.0 Å². The van der Waals surface area contributed by atoms with Crippen LogP contribution in [0.4, 0.5) is 0 Å². The molecule has 1 aromatic rings. The molecule has 0 heterocycles. The normalized spacial score (nSPS) is 12.4. The Morgan fingerprint density at radius 1 is 1.35 bits per heavy atom. The van der Waals surface area contributed by atoms with Crippen molar-refractivity contribution in [3.05, 3.63) is 33.8 Å². The SMILES string of the molecule is NCCCC(Cc1c(Cl)cccc1Cl)C(=O)O. The molecule has 17 heavy (non-hydrogen) atoms. The van der Waals surface area contributed by atoms with E-state index in [1.54, 1.807) is 18.2 Å². The van der Waals surface area contributed by atoms with E-state index in [0.29, 0.717) is 41.4 Å². The molecule has 0 aliphatic heterocycles. The zero-order valence-corrected chi connectivity index (χ0v) is 10.8. The lowest BCUT2D eigenvalue weighted by Crippen LogP contribution is -2.18. The summed E-state index contributed by atoms with van der Waals surface area (Å²) in [7, 11) is 0. The molecule has 94 valence electrons. The van der Waals surface area contributed by atoms with Crippen LogP contribution in [-0.4, -0.2) is 17.6 Å². The maximum Gasteiger partial charge on any atom is 0.306 e. The highest BCUT2D eigenvalue weighted by Gasteiger charge is 2.20. The average molecular weight is 276 g/mol. The van der Waals surface area contributed by atoms with Gasteiger partial charge in [0.2, 0.25) is 0 Å². The number of carboxylic acid groups (broad SMARTS) is 1. The van der Waals surface area contributed by atoms with Crippen LogP contribution in [-0.2, 0) is 11.2 Å². The van der Waals surface area contributed by atoms with E-state index in [1.165, 1.54) is 0 Å². The van der Waals surface area contributed by atoms with Crippen LogP contribution < -0.4 is 5.73 Å². The van der Waals surface area contributed by atoms with Crippen LogP contribution in [0.3, 0.4) is 0 Å².